The van der Waals surface area contributed by atoms with Crippen molar-refractivity contribution in [1.29, 1.82) is 0 Å². The predicted octanol–water partition coefficient (Wildman–Crippen LogP) is 3.48. The maximum atomic E-state index is 11.8. The second-order valence-corrected chi connectivity index (χ2v) is 3.58. The van der Waals surface area contributed by atoms with Crippen LogP contribution in [0.2, 0.25) is 0 Å². The minimum absolute atomic E-state index is 0.0138. The van der Waals surface area contributed by atoms with E-state index in [2.05, 4.69) is 0 Å². The van der Waals surface area contributed by atoms with Gasteiger partial charge in [-0.2, -0.15) is 0 Å². The van der Waals surface area contributed by atoms with Crippen molar-refractivity contribution < 1.29 is 9.21 Å². The summed E-state index contributed by atoms with van der Waals surface area (Å²) in [4.78, 5) is 11.8. The zero-order valence-corrected chi connectivity index (χ0v) is 9.01. The molecule has 80 valence electrons. The van der Waals surface area contributed by atoms with Gasteiger partial charge in [0.1, 0.15) is 5.76 Å². The van der Waals surface area contributed by atoms with E-state index in [9.17, 15) is 4.79 Å². The third-order valence-corrected chi connectivity index (χ3v) is 2.24. The van der Waals surface area contributed by atoms with E-state index in [1.54, 1.807) is 24.5 Å². The molecule has 0 saturated heterocycles. The number of rotatable bonds is 3. The van der Waals surface area contributed by atoms with Crippen molar-refractivity contribution in [3.63, 3.8) is 0 Å². The number of carbonyl (C=O) groups excluding carboxylic acids is 1. The third-order valence-electron chi connectivity index (χ3n) is 2.24. The number of hydrogen-bond acceptors (Lipinski definition) is 2. The smallest absolute Gasteiger partial charge is 0.185 e. The van der Waals surface area contributed by atoms with Crippen LogP contribution in [0.15, 0.2) is 53.2 Å². The Morgan fingerprint density at radius 3 is 2.81 bits per heavy atom. The van der Waals surface area contributed by atoms with Gasteiger partial charge in [0.2, 0.25) is 0 Å². The molecule has 1 heterocycles. The highest BCUT2D eigenvalue weighted by molar-refractivity contribution is 6.06. The Bertz CT molecular complexity index is 507. The molecule has 0 atom stereocenters. The van der Waals surface area contributed by atoms with Gasteiger partial charge in [0.15, 0.2) is 5.78 Å². The predicted molar refractivity (Wildman–Crippen MR) is 63.3 cm³/mol. The van der Waals surface area contributed by atoms with Gasteiger partial charge in [0.05, 0.1) is 6.26 Å². The lowest BCUT2D eigenvalue weighted by atomic mass is 10.1. The fraction of sp³-hybridized carbons (Fsp3) is 0.0714. The topological polar surface area (TPSA) is 30.2 Å². The largest absolute Gasteiger partial charge is 0.465 e. The molecule has 0 fully saturated rings. The summed E-state index contributed by atoms with van der Waals surface area (Å²) in [5.41, 5.74) is 1.78. The fourth-order valence-electron chi connectivity index (χ4n) is 1.44. The van der Waals surface area contributed by atoms with Crippen molar-refractivity contribution in [2.75, 3.05) is 0 Å². The van der Waals surface area contributed by atoms with Gasteiger partial charge < -0.3 is 4.42 Å². The molecule has 2 nitrogen and oxygen atoms in total. The normalized spacial score (nSPS) is 10.8. The van der Waals surface area contributed by atoms with Gasteiger partial charge in [-0.1, -0.05) is 23.8 Å². The molecule has 16 heavy (non-hydrogen) atoms. The molecular weight excluding hydrogens is 200 g/mol. The van der Waals surface area contributed by atoms with Crippen LogP contribution in [0.5, 0.6) is 0 Å². The van der Waals surface area contributed by atoms with Crippen molar-refractivity contribution in [2.24, 2.45) is 0 Å². The first kappa shape index (κ1) is 10.4. The molecule has 1 aromatic carbocycles. The zero-order chi connectivity index (χ0) is 11.4. The summed E-state index contributed by atoms with van der Waals surface area (Å²) in [6.45, 7) is 1.97. The van der Waals surface area contributed by atoms with Crippen LogP contribution in [0.3, 0.4) is 0 Å². The second kappa shape index (κ2) is 4.62. The zero-order valence-electron chi connectivity index (χ0n) is 9.01. The van der Waals surface area contributed by atoms with Crippen molar-refractivity contribution in [3.8, 4) is 0 Å². The lowest BCUT2D eigenvalue weighted by molar-refractivity contribution is 0.104. The highest BCUT2D eigenvalue weighted by Crippen LogP contribution is 2.08. The molecule has 0 aliphatic rings. The van der Waals surface area contributed by atoms with Crippen LogP contribution >= 0.6 is 0 Å². The molecule has 0 unspecified atom stereocenters. The number of ketones is 1. The van der Waals surface area contributed by atoms with Gasteiger partial charge in [-0.25, -0.2) is 0 Å². The highest BCUT2D eigenvalue weighted by atomic mass is 16.3. The Balaban J connectivity index is 2.15. The van der Waals surface area contributed by atoms with E-state index in [1.165, 1.54) is 6.08 Å². The maximum Gasteiger partial charge on any atom is 0.185 e. The monoisotopic (exact) mass is 212 g/mol. The summed E-state index contributed by atoms with van der Waals surface area (Å²) in [6, 6.07) is 11.1. The summed E-state index contributed by atoms with van der Waals surface area (Å²) < 4.78 is 5.10. The molecule has 0 aliphatic carbocycles. The Hall–Kier alpha value is -2.09. The Morgan fingerprint density at radius 2 is 2.12 bits per heavy atom. The molecule has 0 saturated carbocycles. The van der Waals surface area contributed by atoms with E-state index in [1.807, 2.05) is 31.2 Å². The Kier molecular flexibility index (Phi) is 3.01. The molecule has 0 amide bonds. The van der Waals surface area contributed by atoms with Gasteiger partial charge in [-0.15, -0.1) is 0 Å². The lowest BCUT2D eigenvalue weighted by Gasteiger charge is -1.96. The summed E-state index contributed by atoms with van der Waals surface area (Å²) in [6.07, 6.45) is 4.77. The van der Waals surface area contributed by atoms with Crippen molar-refractivity contribution >= 4 is 11.9 Å². The van der Waals surface area contributed by atoms with Crippen molar-refractivity contribution in [2.45, 2.75) is 6.92 Å². The molecule has 0 bridgehead atoms. The van der Waals surface area contributed by atoms with Crippen LogP contribution in [0.4, 0.5) is 0 Å². The van der Waals surface area contributed by atoms with Crippen LogP contribution in [0.25, 0.3) is 6.08 Å². The number of carbonyl (C=O) groups is 1. The molecule has 2 heteroatoms. The highest BCUT2D eigenvalue weighted by Gasteiger charge is 2.01. The van der Waals surface area contributed by atoms with Gasteiger partial charge in [-0.05, 0) is 37.3 Å². The van der Waals surface area contributed by atoms with Crippen LogP contribution in [0.1, 0.15) is 21.7 Å². The average molecular weight is 212 g/mol. The molecule has 0 N–H and O–H groups in total. The molecule has 0 spiro atoms. The molecule has 2 aromatic rings. The molecule has 0 radical (unpaired) electrons. The first-order chi connectivity index (χ1) is 7.75. The molecule has 2 rings (SSSR count). The van der Waals surface area contributed by atoms with E-state index >= 15 is 0 Å². The number of aryl methyl sites for hydroxylation is 1. The number of allylic oxidation sites excluding steroid dienone is 1. The quantitative estimate of drug-likeness (QED) is 0.576. The van der Waals surface area contributed by atoms with Crippen molar-refractivity contribution in [3.05, 3.63) is 65.6 Å². The third kappa shape index (κ3) is 2.48. The minimum Gasteiger partial charge on any atom is -0.465 e. The van der Waals surface area contributed by atoms with Crippen LogP contribution in [-0.2, 0) is 0 Å². The fourth-order valence-corrected chi connectivity index (χ4v) is 1.44. The first-order valence-electron chi connectivity index (χ1n) is 5.08. The van der Waals surface area contributed by atoms with Gasteiger partial charge in [0.25, 0.3) is 0 Å². The van der Waals surface area contributed by atoms with E-state index in [4.69, 9.17) is 4.42 Å². The average Bonchev–Trinajstić information content (AvgIpc) is 2.78. The Labute approximate surface area is 94.2 Å². The summed E-state index contributed by atoms with van der Waals surface area (Å²) >= 11 is 0. The standard InChI is InChI=1S/C14H12O2/c1-11-4-2-5-12(10-11)14(15)8-7-13-6-3-9-16-13/h2-10H,1H3/b8-7+. The Morgan fingerprint density at radius 1 is 1.25 bits per heavy atom. The van der Waals surface area contributed by atoms with Gasteiger partial charge in [-0.3, -0.25) is 4.79 Å². The minimum atomic E-state index is -0.0138. The summed E-state index contributed by atoms with van der Waals surface area (Å²) in [5, 5.41) is 0. The van der Waals surface area contributed by atoms with Crippen molar-refractivity contribution in [1.82, 2.24) is 0 Å². The molecular formula is C14H12O2. The van der Waals surface area contributed by atoms with E-state index in [0.717, 1.165) is 5.56 Å². The number of hydrogen-bond donors (Lipinski definition) is 0. The van der Waals surface area contributed by atoms with Crippen LogP contribution in [-0.4, -0.2) is 5.78 Å². The SMILES string of the molecule is Cc1cccc(C(=O)/C=C/c2ccco2)c1. The van der Waals surface area contributed by atoms with Gasteiger partial charge >= 0.3 is 0 Å². The first-order valence-corrected chi connectivity index (χ1v) is 5.08. The van der Waals surface area contributed by atoms with Crippen LogP contribution in [0, 0.1) is 6.92 Å². The van der Waals surface area contributed by atoms with E-state index in [0.29, 0.717) is 11.3 Å². The van der Waals surface area contributed by atoms with Crippen LogP contribution < -0.4 is 0 Å². The lowest BCUT2D eigenvalue weighted by Crippen LogP contribution is -1.93. The number of furan rings is 1. The van der Waals surface area contributed by atoms with E-state index in [-0.39, 0.29) is 5.78 Å². The summed E-state index contributed by atoms with van der Waals surface area (Å²) in [5.74, 6) is 0.668. The molecule has 0 aliphatic heterocycles. The van der Waals surface area contributed by atoms with Gasteiger partial charge in [0, 0.05) is 5.56 Å². The second-order valence-electron chi connectivity index (χ2n) is 3.58. The summed E-state index contributed by atoms with van der Waals surface area (Å²) in [7, 11) is 0. The molecule has 1 aromatic heterocycles. The maximum absolute atomic E-state index is 11.8. The number of benzene rings is 1. The van der Waals surface area contributed by atoms with E-state index < -0.39 is 0 Å².